The van der Waals surface area contributed by atoms with Gasteiger partial charge >= 0.3 is 6.03 Å². The van der Waals surface area contributed by atoms with E-state index in [1.807, 2.05) is 48.5 Å². The zero-order valence-corrected chi connectivity index (χ0v) is 17.0. The van der Waals surface area contributed by atoms with Gasteiger partial charge in [0.05, 0.1) is 14.2 Å². The van der Waals surface area contributed by atoms with Gasteiger partial charge in [0.2, 0.25) is 0 Å². The fourth-order valence-electron chi connectivity index (χ4n) is 3.64. The SMILES string of the molecule is COc1ccc(CCNC(=O)N2CCC(C(=O)c3ccccc3)CC2)cc1OC. The molecule has 1 aliphatic rings. The highest BCUT2D eigenvalue weighted by Crippen LogP contribution is 2.27. The molecule has 0 aromatic heterocycles. The van der Waals surface area contributed by atoms with E-state index in [4.69, 9.17) is 9.47 Å². The van der Waals surface area contributed by atoms with Crippen LogP contribution < -0.4 is 14.8 Å². The molecule has 0 atom stereocenters. The lowest BCUT2D eigenvalue weighted by molar-refractivity contribution is 0.0854. The molecule has 0 radical (unpaired) electrons. The zero-order chi connectivity index (χ0) is 20.6. The third kappa shape index (κ3) is 5.28. The summed E-state index contributed by atoms with van der Waals surface area (Å²) in [7, 11) is 3.21. The molecule has 2 aromatic rings. The Morgan fingerprint density at radius 2 is 1.69 bits per heavy atom. The summed E-state index contributed by atoms with van der Waals surface area (Å²) in [5.74, 6) is 1.54. The molecule has 6 heteroatoms. The van der Waals surface area contributed by atoms with Crippen molar-refractivity contribution in [3.8, 4) is 11.5 Å². The molecule has 1 fully saturated rings. The summed E-state index contributed by atoms with van der Waals surface area (Å²) < 4.78 is 10.6. The molecular weight excluding hydrogens is 368 g/mol. The Balaban J connectivity index is 1.44. The second kappa shape index (κ2) is 9.96. The molecule has 0 bridgehead atoms. The van der Waals surface area contributed by atoms with Gasteiger partial charge in [0.25, 0.3) is 0 Å². The van der Waals surface area contributed by atoms with Gasteiger partial charge in [-0.2, -0.15) is 0 Å². The Morgan fingerprint density at radius 1 is 1.00 bits per heavy atom. The van der Waals surface area contributed by atoms with E-state index in [2.05, 4.69) is 5.32 Å². The molecule has 29 heavy (non-hydrogen) atoms. The van der Waals surface area contributed by atoms with Crippen molar-refractivity contribution < 1.29 is 19.1 Å². The number of nitrogens with one attached hydrogen (secondary N) is 1. The summed E-state index contributed by atoms with van der Waals surface area (Å²) in [4.78, 5) is 26.8. The number of piperidine rings is 1. The molecule has 154 valence electrons. The maximum absolute atomic E-state index is 12.6. The molecule has 1 N–H and O–H groups in total. The van der Waals surface area contributed by atoms with E-state index >= 15 is 0 Å². The average Bonchev–Trinajstić information content (AvgIpc) is 2.79. The predicted octanol–water partition coefficient (Wildman–Crippen LogP) is 3.55. The smallest absolute Gasteiger partial charge is 0.317 e. The van der Waals surface area contributed by atoms with E-state index < -0.39 is 0 Å². The Hall–Kier alpha value is -3.02. The number of rotatable bonds is 7. The van der Waals surface area contributed by atoms with Crippen LogP contribution in [-0.2, 0) is 6.42 Å². The van der Waals surface area contributed by atoms with Gasteiger partial charge in [-0.25, -0.2) is 4.79 Å². The maximum Gasteiger partial charge on any atom is 0.317 e. The number of carbonyl (C=O) groups excluding carboxylic acids is 2. The number of likely N-dealkylation sites (tertiary alicyclic amines) is 1. The molecule has 0 saturated carbocycles. The van der Waals surface area contributed by atoms with Crippen molar-refractivity contribution >= 4 is 11.8 Å². The van der Waals surface area contributed by atoms with Crippen molar-refractivity contribution in [2.24, 2.45) is 5.92 Å². The summed E-state index contributed by atoms with van der Waals surface area (Å²) in [5, 5.41) is 2.97. The zero-order valence-electron chi connectivity index (χ0n) is 17.0. The van der Waals surface area contributed by atoms with Gasteiger partial charge in [0.15, 0.2) is 17.3 Å². The molecule has 0 spiro atoms. The maximum atomic E-state index is 12.6. The molecule has 0 aliphatic carbocycles. The number of carbonyl (C=O) groups is 2. The highest BCUT2D eigenvalue weighted by molar-refractivity contribution is 5.97. The fraction of sp³-hybridized carbons (Fsp3) is 0.391. The van der Waals surface area contributed by atoms with E-state index in [1.165, 1.54) is 0 Å². The lowest BCUT2D eigenvalue weighted by Crippen LogP contribution is -2.45. The highest BCUT2D eigenvalue weighted by Gasteiger charge is 2.27. The molecule has 1 heterocycles. The van der Waals surface area contributed by atoms with Crippen LogP contribution in [0.15, 0.2) is 48.5 Å². The molecule has 1 aliphatic heterocycles. The minimum Gasteiger partial charge on any atom is -0.493 e. The van der Waals surface area contributed by atoms with Gasteiger partial charge < -0.3 is 19.7 Å². The number of benzene rings is 2. The second-order valence-corrected chi connectivity index (χ2v) is 7.16. The van der Waals surface area contributed by atoms with Crippen molar-refractivity contribution in [1.82, 2.24) is 10.2 Å². The lowest BCUT2D eigenvalue weighted by atomic mass is 9.89. The van der Waals surface area contributed by atoms with Crippen molar-refractivity contribution in [2.45, 2.75) is 19.3 Å². The minimum atomic E-state index is -0.0731. The first-order valence-electron chi connectivity index (χ1n) is 9.95. The standard InChI is InChI=1S/C23H28N2O4/c1-28-20-9-8-17(16-21(20)29-2)10-13-24-23(27)25-14-11-19(12-15-25)22(26)18-6-4-3-5-7-18/h3-9,16,19H,10-15H2,1-2H3,(H,24,27). The molecule has 0 unspecified atom stereocenters. The van der Waals surface area contributed by atoms with Crippen LogP contribution in [0.4, 0.5) is 4.79 Å². The molecule has 3 rings (SSSR count). The summed E-state index contributed by atoms with van der Waals surface area (Å²) in [5.41, 5.74) is 1.82. The minimum absolute atomic E-state index is 0.00628. The first-order chi connectivity index (χ1) is 14.1. The fourth-order valence-corrected chi connectivity index (χ4v) is 3.64. The third-order valence-corrected chi connectivity index (χ3v) is 5.35. The van der Waals surface area contributed by atoms with Gasteiger partial charge in [-0.1, -0.05) is 36.4 Å². The second-order valence-electron chi connectivity index (χ2n) is 7.16. The summed E-state index contributed by atoms with van der Waals surface area (Å²) in [6.07, 6.45) is 2.11. The quantitative estimate of drug-likeness (QED) is 0.727. The summed E-state index contributed by atoms with van der Waals surface area (Å²) in [6.45, 7) is 1.74. The van der Waals surface area contributed by atoms with E-state index in [-0.39, 0.29) is 17.7 Å². The monoisotopic (exact) mass is 396 g/mol. The number of urea groups is 1. The highest BCUT2D eigenvalue weighted by atomic mass is 16.5. The van der Waals surface area contributed by atoms with Gasteiger partial charge in [-0.15, -0.1) is 0 Å². The molecule has 6 nitrogen and oxygen atoms in total. The van der Waals surface area contributed by atoms with E-state index in [1.54, 1.807) is 19.1 Å². The topological polar surface area (TPSA) is 67.9 Å². The van der Waals surface area contributed by atoms with Crippen molar-refractivity contribution in [1.29, 1.82) is 0 Å². The molecule has 2 amide bonds. The molecule has 1 saturated heterocycles. The normalized spacial score (nSPS) is 14.3. The van der Waals surface area contributed by atoms with Crippen LogP contribution in [0.2, 0.25) is 0 Å². The average molecular weight is 396 g/mol. The van der Waals surface area contributed by atoms with E-state index in [0.29, 0.717) is 50.4 Å². The number of hydrogen-bond acceptors (Lipinski definition) is 4. The van der Waals surface area contributed by atoms with Crippen LogP contribution in [-0.4, -0.2) is 50.6 Å². The Labute approximate surface area is 171 Å². The number of nitrogens with zero attached hydrogens (tertiary/aromatic N) is 1. The van der Waals surface area contributed by atoms with Crippen molar-refractivity contribution in [2.75, 3.05) is 33.9 Å². The number of hydrogen-bond donors (Lipinski definition) is 1. The van der Waals surface area contributed by atoms with E-state index in [9.17, 15) is 9.59 Å². The van der Waals surface area contributed by atoms with Gasteiger partial charge in [0.1, 0.15) is 0 Å². The summed E-state index contributed by atoms with van der Waals surface area (Å²) >= 11 is 0. The van der Waals surface area contributed by atoms with Crippen LogP contribution in [0.3, 0.4) is 0 Å². The Morgan fingerprint density at radius 3 is 2.34 bits per heavy atom. The number of amides is 2. The number of ketones is 1. The number of Topliss-reactive ketones (excluding diaryl/α,β-unsaturated/α-hetero) is 1. The van der Waals surface area contributed by atoms with Crippen LogP contribution in [0.25, 0.3) is 0 Å². The summed E-state index contributed by atoms with van der Waals surface area (Å²) in [6, 6.07) is 15.1. The van der Waals surface area contributed by atoms with Crippen LogP contribution in [0, 0.1) is 5.92 Å². The van der Waals surface area contributed by atoms with Gasteiger partial charge in [-0.05, 0) is 37.0 Å². The lowest BCUT2D eigenvalue weighted by Gasteiger charge is -2.31. The largest absolute Gasteiger partial charge is 0.493 e. The number of ether oxygens (including phenoxy) is 2. The van der Waals surface area contributed by atoms with Crippen LogP contribution >= 0.6 is 0 Å². The Bertz CT molecular complexity index is 830. The van der Waals surface area contributed by atoms with Crippen LogP contribution in [0.1, 0.15) is 28.8 Å². The third-order valence-electron chi connectivity index (χ3n) is 5.35. The number of methoxy groups -OCH3 is 2. The van der Waals surface area contributed by atoms with Crippen molar-refractivity contribution in [3.63, 3.8) is 0 Å². The van der Waals surface area contributed by atoms with Gasteiger partial charge in [0, 0.05) is 31.1 Å². The van der Waals surface area contributed by atoms with Gasteiger partial charge in [-0.3, -0.25) is 4.79 Å². The first-order valence-corrected chi connectivity index (χ1v) is 9.95. The molecular formula is C23H28N2O4. The van der Waals surface area contributed by atoms with Crippen LogP contribution in [0.5, 0.6) is 11.5 Å². The van der Waals surface area contributed by atoms with Crippen molar-refractivity contribution in [3.05, 3.63) is 59.7 Å². The predicted molar refractivity (Wildman–Crippen MR) is 112 cm³/mol. The van der Waals surface area contributed by atoms with E-state index in [0.717, 1.165) is 11.1 Å². The first kappa shape index (κ1) is 20.7. The molecule has 2 aromatic carbocycles. The Kier molecular flexibility index (Phi) is 7.11.